The zero-order chi connectivity index (χ0) is 14.6. The fraction of sp³-hybridized carbons (Fsp3) is 0.417. The number of alkyl halides is 3. The van der Waals surface area contributed by atoms with Gasteiger partial charge in [-0.25, -0.2) is 4.39 Å². The van der Waals surface area contributed by atoms with Crippen LogP contribution in [0, 0.1) is 5.82 Å². The second-order valence-electron chi connectivity index (χ2n) is 4.01. The Balaban J connectivity index is 2.93. The first-order valence-corrected chi connectivity index (χ1v) is 5.53. The van der Waals surface area contributed by atoms with Crippen LogP contribution in [0.25, 0.3) is 0 Å². The first kappa shape index (κ1) is 15.4. The maximum absolute atomic E-state index is 13.1. The van der Waals surface area contributed by atoms with E-state index in [9.17, 15) is 22.4 Å². The smallest absolute Gasteiger partial charge is 0.419 e. The normalized spacial score (nSPS) is 11.9. The Bertz CT molecular complexity index is 460. The predicted molar refractivity (Wildman–Crippen MR) is 60.0 cm³/mol. The van der Waals surface area contributed by atoms with Gasteiger partial charge in [-0.3, -0.25) is 9.69 Å². The molecule has 0 aliphatic heterocycles. The predicted octanol–water partition coefficient (Wildman–Crippen LogP) is 2.75. The summed E-state index contributed by atoms with van der Waals surface area (Å²) in [5, 5.41) is 8.64. The fourth-order valence-electron chi connectivity index (χ4n) is 1.62. The van der Waals surface area contributed by atoms with Crippen LogP contribution in [-0.2, 0) is 17.5 Å². The topological polar surface area (TPSA) is 40.5 Å². The third kappa shape index (κ3) is 4.51. The third-order valence-electron chi connectivity index (χ3n) is 2.55. The molecule has 0 spiro atoms. The molecule has 0 unspecified atom stereocenters. The number of hydrogen-bond acceptors (Lipinski definition) is 2. The molecule has 0 aliphatic rings. The summed E-state index contributed by atoms with van der Waals surface area (Å²) in [4.78, 5) is 12.0. The summed E-state index contributed by atoms with van der Waals surface area (Å²) in [6.45, 7) is 1.80. The average Bonchev–Trinajstić information content (AvgIpc) is 2.28. The third-order valence-corrected chi connectivity index (χ3v) is 2.55. The minimum Gasteiger partial charge on any atom is -0.480 e. The summed E-state index contributed by atoms with van der Waals surface area (Å²) < 4.78 is 50.6. The van der Waals surface area contributed by atoms with Gasteiger partial charge in [-0.05, 0) is 24.2 Å². The quantitative estimate of drug-likeness (QED) is 0.842. The Morgan fingerprint density at radius 2 is 2.00 bits per heavy atom. The van der Waals surface area contributed by atoms with Gasteiger partial charge in [0.2, 0.25) is 0 Å². The van der Waals surface area contributed by atoms with E-state index < -0.39 is 23.5 Å². The molecule has 0 atom stereocenters. The lowest BCUT2D eigenvalue weighted by Crippen LogP contribution is -2.29. The van der Waals surface area contributed by atoms with E-state index in [1.807, 2.05) is 0 Å². The molecule has 0 aliphatic carbocycles. The summed E-state index contributed by atoms with van der Waals surface area (Å²) >= 11 is 0. The number of carboxylic acids is 1. The fourth-order valence-corrected chi connectivity index (χ4v) is 1.62. The van der Waals surface area contributed by atoms with Crippen molar-refractivity contribution in [1.82, 2.24) is 4.90 Å². The Morgan fingerprint density at radius 1 is 1.37 bits per heavy atom. The molecule has 0 saturated heterocycles. The van der Waals surface area contributed by atoms with Gasteiger partial charge in [-0.15, -0.1) is 0 Å². The SMILES string of the molecule is CCN(CC(=O)O)Cc1ccc(F)c(C(F)(F)F)c1. The molecule has 7 heteroatoms. The molecular weight excluding hydrogens is 266 g/mol. The minimum absolute atomic E-state index is 0.0200. The Morgan fingerprint density at radius 3 is 2.47 bits per heavy atom. The van der Waals surface area contributed by atoms with E-state index in [1.54, 1.807) is 6.92 Å². The highest BCUT2D eigenvalue weighted by atomic mass is 19.4. The highest BCUT2D eigenvalue weighted by Crippen LogP contribution is 2.32. The summed E-state index contributed by atoms with van der Waals surface area (Å²) in [6.07, 6.45) is -4.76. The number of hydrogen-bond donors (Lipinski definition) is 1. The van der Waals surface area contributed by atoms with Gasteiger partial charge in [0.15, 0.2) is 0 Å². The minimum atomic E-state index is -4.76. The Hall–Kier alpha value is -1.63. The van der Waals surface area contributed by atoms with E-state index >= 15 is 0 Å². The van der Waals surface area contributed by atoms with Crippen molar-refractivity contribution in [3.05, 3.63) is 35.1 Å². The lowest BCUT2D eigenvalue weighted by Gasteiger charge is -2.19. The molecule has 0 fully saturated rings. The van der Waals surface area contributed by atoms with Gasteiger partial charge in [-0.2, -0.15) is 13.2 Å². The summed E-state index contributed by atoms with van der Waals surface area (Å²) in [5.74, 6) is -2.41. The summed E-state index contributed by atoms with van der Waals surface area (Å²) in [5.41, 5.74) is -1.12. The van der Waals surface area contributed by atoms with Crippen LogP contribution in [0.1, 0.15) is 18.1 Å². The molecule has 106 valence electrons. The number of likely N-dealkylation sites (N-methyl/N-ethyl adjacent to an activating group) is 1. The lowest BCUT2D eigenvalue weighted by atomic mass is 10.1. The van der Waals surface area contributed by atoms with Gasteiger partial charge < -0.3 is 5.11 Å². The number of aliphatic carboxylic acids is 1. The standard InChI is InChI=1S/C12H13F4NO2/c1-2-17(7-11(18)19)6-8-3-4-10(13)9(5-8)12(14,15)16/h3-5H,2,6-7H2,1H3,(H,18,19). The molecule has 0 saturated carbocycles. The van der Waals surface area contributed by atoms with Gasteiger partial charge >= 0.3 is 12.1 Å². The van der Waals surface area contributed by atoms with Crippen molar-refractivity contribution in [1.29, 1.82) is 0 Å². The van der Waals surface area contributed by atoms with Crippen LogP contribution in [0.5, 0.6) is 0 Å². The average molecular weight is 279 g/mol. The lowest BCUT2D eigenvalue weighted by molar-refractivity contribution is -0.140. The number of nitrogens with zero attached hydrogens (tertiary/aromatic N) is 1. The van der Waals surface area contributed by atoms with Crippen LogP contribution in [-0.4, -0.2) is 29.1 Å². The molecule has 3 nitrogen and oxygen atoms in total. The molecule has 19 heavy (non-hydrogen) atoms. The van der Waals surface area contributed by atoms with Gasteiger partial charge in [0.1, 0.15) is 5.82 Å². The highest BCUT2D eigenvalue weighted by molar-refractivity contribution is 5.69. The summed E-state index contributed by atoms with van der Waals surface area (Å²) in [6, 6.07) is 2.67. The van der Waals surface area contributed by atoms with E-state index in [2.05, 4.69) is 0 Å². The van der Waals surface area contributed by atoms with Gasteiger partial charge in [-0.1, -0.05) is 13.0 Å². The van der Waals surface area contributed by atoms with E-state index in [4.69, 9.17) is 5.11 Å². The number of carbonyl (C=O) groups is 1. The van der Waals surface area contributed by atoms with Crippen molar-refractivity contribution in [2.24, 2.45) is 0 Å². The van der Waals surface area contributed by atoms with E-state index in [1.165, 1.54) is 11.0 Å². The number of halogens is 4. The first-order chi connectivity index (χ1) is 8.74. The van der Waals surface area contributed by atoms with Crippen molar-refractivity contribution in [3.8, 4) is 0 Å². The zero-order valence-corrected chi connectivity index (χ0v) is 10.2. The van der Waals surface area contributed by atoms with E-state index in [0.29, 0.717) is 12.6 Å². The molecular formula is C12H13F4NO2. The number of carboxylic acid groups (broad SMARTS) is 1. The summed E-state index contributed by atoms with van der Waals surface area (Å²) in [7, 11) is 0. The maximum Gasteiger partial charge on any atom is 0.419 e. The van der Waals surface area contributed by atoms with Crippen molar-refractivity contribution in [2.45, 2.75) is 19.6 Å². The first-order valence-electron chi connectivity index (χ1n) is 5.53. The molecule has 0 aromatic heterocycles. The molecule has 1 N–H and O–H groups in total. The molecule has 1 aromatic rings. The largest absolute Gasteiger partial charge is 0.480 e. The van der Waals surface area contributed by atoms with E-state index in [0.717, 1.165) is 6.07 Å². The number of rotatable bonds is 5. The Kier molecular flexibility index (Phi) is 4.88. The molecule has 0 bridgehead atoms. The highest BCUT2D eigenvalue weighted by Gasteiger charge is 2.34. The second kappa shape index (κ2) is 6.01. The Labute approximate surface area is 107 Å². The van der Waals surface area contributed by atoms with Crippen LogP contribution in [0.15, 0.2) is 18.2 Å². The molecule has 0 radical (unpaired) electrons. The monoisotopic (exact) mass is 279 g/mol. The van der Waals surface area contributed by atoms with Crippen LogP contribution in [0.2, 0.25) is 0 Å². The van der Waals surface area contributed by atoms with Crippen LogP contribution >= 0.6 is 0 Å². The van der Waals surface area contributed by atoms with Crippen molar-refractivity contribution < 1.29 is 27.5 Å². The van der Waals surface area contributed by atoms with E-state index in [-0.39, 0.29) is 18.7 Å². The van der Waals surface area contributed by atoms with Crippen LogP contribution in [0.4, 0.5) is 17.6 Å². The maximum atomic E-state index is 13.1. The zero-order valence-electron chi connectivity index (χ0n) is 10.2. The molecule has 1 aromatic carbocycles. The second-order valence-corrected chi connectivity index (χ2v) is 4.01. The number of benzene rings is 1. The molecule has 0 heterocycles. The van der Waals surface area contributed by atoms with Gasteiger partial charge in [0, 0.05) is 6.54 Å². The van der Waals surface area contributed by atoms with Crippen LogP contribution < -0.4 is 0 Å². The molecule has 0 amide bonds. The van der Waals surface area contributed by atoms with Crippen molar-refractivity contribution in [3.63, 3.8) is 0 Å². The van der Waals surface area contributed by atoms with Gasteiger partial charge in [0.25, 0.3) is 0 Å². The molecule has 1 rings (SSSR count). The van der Waals surface area contributed by atoms with Crippen molar-refractivity contribution in [2.75, 3.05) is 13.1 Å². The van der Waals surface area contributed by atoms with Gasteiger partial charge in [0.05, 0.1) is 12.1 Å². The van der Waals surface area contributed by atoms with Crippen LogP contribution in [0.3, 0.4) is 0 Å². The van der Waals surface area contributed by atoms with Crippen molar-refractivity contribution >= 4 is 5.97 Å².